The fourth-order valence-electron chi connectivity index (χ4n) is 17.4. The Morgan fingerprint density at radius 3 is 1.31 bits per heavy atom. The van der Waals surface area contributed by atoms with E-state index in [1.165, 1.54) is 35.3 Å². The van der Waals surface area contributed by atoms with E-state index in [-0.39, 0.29) is 94.0 Å². The minimum absolute atomic E-state index is 0.0246. The maximum absolute atomic E-state index is 15.1. The van der Waals surface area contributed by atoms with E-state index in [0.29, 0.717) is 141 Å². The van der Waals surface area contributed by atoms with E-state index >= 15 is 4.39 Å². The third-order valence-electron chi connectivity index (χ3n) is 23.7. The van der Waals surface area contributed by atoms with Crippen molar-refractivity contribution in [3.63, 3.8) is 0 Å². The van der Waals surface area contributed by atoms with Gasteiger partial charge in [0.2, 0.25) is 17.7 Å². The van der Waals surface area contributed by atoms with E-state index in [1.54, 1.807) is 73.1 Å². The molecule has 7 atom stereocenters. The first-order valence-corrected chi connectivity index (χ1v) is 44.2. The van der Waals surface area contributed by atoms with Crippen LogP contribution in [0.3, 0.4) is 0 Å². The average Bonchev–Trinajstić information content (AvgIpc) is 0.864. The zero-order valence-electron chi connectivity index (χ0n) is 73.5. The van der Waals surface area contributed by atoms with Crippen LogP contribution >= 0.6 is 46.1 Å². The number of pyridine rings is 6. The molecule has 4 aliphatic rings. The molecule has 0 N–H and O–H groups in total. The Hall–Kier alpha value is -11.2. The molecule has 4 aliphatic heterocycles. The number of benzene rings is 1. The fourth-order valence-corrected chi connectivity index (χ4v) is 18.8. The van der Waals surface area contributed by atoms with Crippen molar-refractivity contribution < 1.29 is 18.8 Å². The molecule has 7 unspecified atom stereocenters. The smallest absolute Gasteiger partial charge is 0.353 e. The standard InChI is InChI=1S/C33H37ClFN7O2.C31H40ClN7O2.C29H31ClN6O2S/c1-8-27(43)40-16-21(5)41(17-20(40)4)31-24-15-25(34)29(23-11-9-10-12-26(23)35)37-32(24)42(33(44)38-31)30-22(18-39(6)7)13-14-36-28(30)19(2)3;1-8-25(40)37-16-22(7)38(17-21(37)6)28-23-15-24(32)30(36-14-10-9-11-20(36)5)34-29(23)39(31(41)35-28)27-19(4)12-13-33-26(27)18(2)3;1-7-23(37)34-13-19(6)35(14-18(34)5)27-21-12-22(30)25(20-9-11-39-15-20)32-28(21)36(29(38)33-27)26-17(4)8-10-31-24(26)16(2)3/h8-15,19-21H,1,16-18H2,2-7H3;8,12-13,15,18,20-22H,1,9-11,14,16-17H2,2-7H3;7-12,15-16,18-19H,1,13-14H2,2-6H3. The van der Waals surface area contributed by atoms with Gasteiger partial charge in [-0.2, -0.15) is 26.3 Å². The van der Waals surface area contributed by atoms with Crippen LogP contribution in [-0.2, 0) is 20.9 Å². The Morgan fingerprint density at radius 2 is 0.895 bits per heavy atom. The lowest BCUT2D eigenvalue weighted by Crippen LogP contribution is -2.58. The number of rotatable bonds is 17. The average molecular weight is 1760 g/mol. The van der Waals surface area contributed by atoms with Gasteiger partial charge >= 0.3 is 17.1 Å². The van der Waals surface area contributed by atoms with Gasteiger partial charge in [0.05, 0.1) is 76.8 Å². The van der Waals surface area contributed by atoms with Gasteiger partial charge in [0.15, 0.2) is 16.9 Å². The highest BCUT2D eigenvalue weighted by atomic mass is 35.5. The lowest BCUT2D eigenvalue weighted by Gasteiger charge is -2.44. The monoisotopic (exact) mass is 1760 g/mol. The number of amides is 3. The first-order chi connectivity index (χ1) is 59.1. The lowest BCUT2D eigenvalue weighted by molar-refractivity contribution is -0.129. The molecular formula is C93H108Cl3FN20O6S. The van der Waals surface area contributed by atoms with Crippen LogP contribution < -0.4 is 36.7 Å². The fraction of sp³-hybridized carbons (Fsp3) is 0.409. The molecule has 4 saturated heterocycles. The van der Waals surface area contributed by atoms with Crippen molar-refractivity contribution in [3.8, 4) is 39.6 Å². The number of hydrogen-bond acceptors (Lipinski definition) is 21. The summed E-state index contributed by atoms with van der Waals surface area (Å²) in [5, 5.41) is 7.08. The van der Waals surface area contributed by atoms with Crippen molar-refractivity contribution in [1.82, 2.24) is 78.2 Å². The third kappa shape index (κ3) is 17.8. The molecule has 14 heterocycles. The van der Waals surface area contributed by atoms with Gasteiger partial charge in [0, 0.05) is 130 Å². The Labute approximate surface area is 741 Å². The summed E-state index contributed by atoms with van der Waals surface area (Å²) in [4.78, 5) is 139. The molecular weight excluding hydrogens is 1650 g/mol. The van der Waals surface area contributed by atoms with Crippen LogP contribution in [0.25, 0.3) is 72.7 Å². The predicted molar refractivity (Wildman–Crippen MR) is 497 cm³/mol. The molecule has 31 heteroatoms. The van der Waals surface area contributed by atoms with Gasteiger partial charge in [-0.15, -0.1) is 0 Å². The lowest BCUT2D eigenvalue weighted by atomic mass is 10.0. The molecule has 0 spiro atoms. The molecule has 0 aliphatic carbocycles. The molecule has 15 rings (SSSR count). The SMILES string of the molecule is C=CC(=O)N1CC(C)N(c2nc(=O)n(-c3c(C)ccnc3C(C)C)c3nc(-c4ccsc4)c(Cl)cc23)CC1C.C=CC(=O)N1CC(C)N(c2nc(=O)n(-c3c(C)ccnc3C(C)C)c3nc(N4CCCCC4C)c(Cl)cc23)CC1C.C=CC(=O)N1CC(C)N(c2nc(=O)n(-c3c(CN(C)C)ccnc3C(C)C)c3nc(-c4ccccc4F)c(Cl)cc23)CC1C. The van der Waals surface area contributed by atoms with Gasteiger partial charge in [0.1, 0.15) is 29.1 Å². The molecule has 11 aromatic rings. The molecule has 4 fully saturated rings. The van der Waals surface area contributed by atoms with Gasteiger partial charge in [-0.3, -0.25) is 29.3 Å². The largest absolute Gasteiger partial charge is 0.355 e. The molecule has 124 heavy (non-hydrogen) atoms. The number of thiophene rings is 1. The molecule has 3 amide bonds. The number of aromatic nitrogens is 12. The summed E-state index contributed by atoms with van der Waals surface area (Å²) in [7, 11) is 3.91. The van der Waals surface area contributed by atoms with Crippen molar-refractivity contribution in [2.45, 2.75) is 190 Å². The number of hydrogen-bond donors (Lipinski definition) is 0. The van der Waals surface area contributed by atoms with Crippen molar-refractivity contribution in [1.29, 1.82) is 0 Å². The number of fused-ring (bicyclic) bond motifs is 3. The van der Waals surface area contributed by atoms with Crippen LogP contribution in [0.1, 0.15) is 161 Å². The molecule has 26 nitrogen and oxygen atoms in total. The second-order valence-electron chi connectivity index (χ2n) is 34.0. The number of anilines is 4. The Bertz CT molecular complexity index is 6160. The van der Waals surface area contributed by atoms with Gasteiger partial charge in [-0.05, 0) is 208 Å². The third-order valence-corrected chi connectivity index (χ3v) is 25.2. The van der Waals surface area contributed by atoms with Crippen LogP contribution in [0.15, 0.2) is 148 Å². The summed E-state index contributed by atoms with van der Waals surface area (Å²) in [6.45, 7) is 45.5. The number of carbonyl (C=O) groups excluding carboxylic acids is 3. The second kappa shape index (κ2) is 37.7. The molecule has 0 radical (unpaired) electrons. The van der Waals surface area contributed by atoms with Gasteiger partial charge in [0.25, 0.3) is 0 Å². The van der Waals surface area contributed by atoms with E-state index in [2.05, 4.69) is 99.0 Å². The molecule has 0 saturated carbocycles. The van der Waals surface area contributed by atoms with Gasteiger partial charge in [-0.25, -0.2) is 47.4 Å². The summed E-state index contributed by atoms with van der Waals surface area (Å²) in [6, 6.07) is 19.0. The quantitative estimate of drug-likeness (QED) is 0.0767. The van der Waals surface area contributed by atoms with Crippen molar-refractivity contribution >= 4 is 120 Å². The van der Waals surface area contributed by atoms with Gasteiger partial charge in [-0.1, -0.05) is 108 Å². The number of nitrogens with zero attached hydrogens (tertiary/aromatic N) is 20. The second-order valence-corrected chi connectivity index (χ2v) is 36.0. The summed E-state index contributed by atoms with van der Waals surface area (Å²) < 4.78 is 19.8. The van der Waals surface area contributed by atoms with Crippen LogP contribution in [0.4, 0.5) is 27.7 Å². The molecule has 0 bridgehead atoms. The Balaban J connectivity index is 0.000000160. The maximum atomic E-state index is 15.1. The molecule has 650 valence electrons. The number of carbonyl (C=O) groups is 3. The first-order valence-electron chi connectivity index (χ1n) is 42.1. The number of halogens is 4. The summed E-state index contributed by atoms with van der Waals surface area (Å²) in [6.07, 6.45) is 12.6. The topological polar surface area (TPSA) is 259 Å². The minimum Gasteiger partial charge on any atom is -0.353 e. The minimum atomic E-state index is -0.541. The maximum Gasteiger partial charge on any atom is 0.355 e. The molecule has 10 aromatic heterocycles. The van der Waals surface area contributed by atoms with E-state index in [9.17, 15) is 28.8 Å². The number of piperazine rings is 3. The Kier molecular flexibility index (Phi) is 27.5. The van der Waals surface area contributed by atoms with Crippen LogP contribution in [0.5, 0.6) is 0 Å². The van der Waals surface area contributed by atoms with Crippen molar-refractivity contribution in [2.75, 3.05) is 79.5 Å². The van der Waals surface area contributed by atoms with Gasteiger partial charge < -0.3 is 39.2 Å². The number of piperidine rings is 1. The first kappa shape index (κ1) is 90.6. The highest BCUT2D eigenvalue weighted by molar-refractivity contribution is 7.08. The number of aryl methyl sites for hydroxylation is 2. The molecule has 1 aromatic carbocycles. The normalized spacial score (nSPS) is 18.8. The van der Waals surface area contributed by atoms with Crippen LogP contribution in [0, 0.1) is 19.7 Å². The summed E-state index contributed by atoms with van der Waals surface area (Å²) in [5.74, 6) is 1.42. The van der Waals surface area contributed by atoms with E-state index in [4.69, 9.17) is 49.8 Å². The highest BCUT2D eigenvalue weighted by Gasteiger charge is 2.39. The highest BCUT2D eigenvalue weighted by Crippen LogP contribution is 2.42. The Morgan fingerprint density at radius 1 is 0.492 bits per heavy atom. The predicted octanol–water partition coefficient (Wildman–Crippen LogP) is 16.3. The van der Waals surface area contributed by atoms with E-state index in [1.807, 2.05) is 145 Å². The summed E-state index contributed by atoms with van der Waals surface area (Å²) >= 11 is 22.2. The summed E-state index contributed by atoms with van der Waals surface area (Å²) in [5.41, 5.74) is 8.82. The van der Waals surface area contributed by atoms with Crippen molar-refractivity contribution in [2.24, 2.45) is 0 Å². The van der Waals surface area contributed by atoms with Crippen molar-refractivity contribution in [3.05, 3.63) is 220 Å². The van der Waals surface area contributed by atoms with Crippen LogP contribution in [0.2, 0.25) is 15.1 Å². The zero-order valence-corrected chi connectivity index (χ0v) is 76.5. The van der Waals surface area contributed by atoms with E-state index in [0.717, 1.165) is 53.0 Å². The zero-order chi connectivity index (χ0) is 89.5. The van der Waals surface area contributed by atoms with Crippen LogP contribution in [-0.4, -0.2) is 198 Å². The van der Waals surface area contributed by atoms with E-state index < -0.39 is 22.9 Å².